The van der Waals surface area contributed by atoms with Crippen molar-refractivity contribution in [2.75, 3.05) is 18.9 Å². The smallest absolute Gasteiger partial charge is 0.270 e. The van der Waals surface area contributed by atoms with Crippen LogP contribution in [0, 0.1) is 0 Å². The van der Waals surface area contributed by atoms with Crippen LogP contribution in [0.15, 0.2) is 12.3 Å². The molecule has 1 saturated carbocycles. The summed E-state index contributed by atoms with van der Waals surface area (Å²) in [6.45, 7) is 4.43. The lowest BCUT2D eigenvalue weighted by Crippen LogP contribution is -2.36. The fraction of sp³-hybridized carbons (Fsp3) is 0.615. The van der Waals surface area contributed by atoms with Gasteiger partial charge in [0, 0.05) is 24.8 Å². The summed E-state index contributed by atoms with van der Waals surface area (Å²) in [5.41, 5.74) is 7.00. The van der Waals surface area contributed by atoms with Crippen molar-refractivity contribution in [3.8, 4) is 0 Å². The van der Waals surface area contributed by atoms with Gasteiger partial charge < -0.3 is 20.3 Å². The third kappa shape index (κ3) is 2.51. The Morgan fingerprint density at radius 1 is 1.61 bits per heavy atom. The molecule has 5 heteroatoms. The number of nitrogen functional groups attached to an aromatic ring is 1. The molecule has 0 spiro atoms. The Kier molecular flexibility index (Phi) is 3.61. The summed E-state index contributed by atoms with van der Waals surface area (Å²) in [6.07, 6.45) is 3.86. The van der Waals surface area contributed by atoms with E-state index in [-0.39, 0.29) is 18.6 Å². The maximum atomic E-state index is 12.5. The van der Waals surface area contributed by atoms with Gasteiger partial charge in [0.15, 0.2) is 0 Å². The number of aromatic nitrogens is 1. The van der Waals surface area contributed by atoms with Gasteiger partial charge in [0.25, 0.3) is 5.91 Å². The van der Waals surface area contributed by atoms with E-state index in [1.165, 1.54) is 0 Å². The molecule has 3 N–H and O–H groups in total. The Bertz CT molecular complexity index is 435. The minimum Gasteiger partial charge on any atom is -0.397 e. The number of nitrogens with zero attached hydrogens (tertiary/aromatic N) is 2. The molecule has 1 aromatic heterocycles. The van der Waals surface area contributed by atoms with Crippen LogP contribution in [0.4, 0.5) is 5.69 Å². The van der Waals surface area contributed by atoms with E-state index in [0.717, 1.165) is 12.8 Å². The van der Waals surface area contributed by atoms with E-state index in [1.807, 2.05) is 18.4 Å². The van der Waals surface area contributed by atoms with Gasteiger partial charge in [-0.15, -0.1) is 0 Å². The zero-order chi connectivity index (χ0) is 13.3. The molecule has 1 heterocycles. The van der Waals surface area contributed by atoms with Crippen molar-refractivity contribution in [2.45, 2.75) is 38.8 Å². The van der Waals surface area contributed by atoms with Crippen LogP contribution in [-0.2, 0) is 0 Å². The van der Waals surface area contributed by atoms with Crippen molar-refractivity contribution in [3.05, 3.63) is 18.0 Å². The van der Waals surface area contributed by atoms with Gasteiger partial charge >= 0.3 is 0 Å². The maximum Gasteiger partial charge on any atom is 0.270 e. The Hall–Kier alpha value is -1.49. The summed E-state index contributed by atoms with van der Waals surface area (Å²) >= 11 is 0. The molecule has 0 bridgehead atoms. The largest absolute Gasteiger partial charge is 0.397 e. The quantitative estimate of drug-likeness (QED) is 0.827. The van der Waals surface area contributed by atoms with Crippen molar-refractivity contribution >= 4 is 11.6 Å². The third-order valence-corrected chi connectivity index (χ3v) is 3.23. The molecule has 0 saturated heterocycles. The molecule has 0 radical (unpaired) electrons. The molecule has 18 heavy (non-hydrogen) atoms. The first-order valence-electron chi connectivity index (χ1n) is 6.43. The monoisotopic (exact) mass is 251 g/mol. The Morgan fingerprint density at radius 3 is 2.78 bits per heavy atom. The molecule has 100 valence electrons. The van der Waals surface area contributed by atoms with Gasteiger partial charge in [-0.3, -0.25) is 4.79 Å². The molecule has 1 amide bonds. The van der Waals surface area contributed by atoms with Crippen molar-refractivity contribution in [1.82, 2.24) is 9.47 Å². The second-order valence-corrected chi connectivity index (χ2v) is 5.11. The second kappa shape index (κ2) is 5.02. The van der Waals surface area contributed by atoms with Crippen LogP contribution in [0.5, 0.6) is 0 Å². The first-order valence-corrected chi connectivity index (χ1v) is 6.43. The lowest BCUT2D eigenvalue weighted by atomic mass is 10.3. The van der Waals surface area contributed by atoms with Crippen molar-refractivity contribution in [3.63, 3.8) is 0 Å². The molecule has 1 fully saturated rings. The molecule has 1 aliphatic carbocycles. The molecule has 0 aliphatic heterocycles. The average Bonchev–Trinajstić information content (AvgIpc) is 3.07. The Morgan fingerprint density at radius 2 is 2.28 bits per heavy atom. The molecular formula is C13H21N3O2. The number of amides is 1. The van der Waals surface area contributed by atoms with E-state index in [9.17, 15) is 4.79 Å². The number of aliphatic hydroxyl groups excluding tert-OH is 1. The third-order valence-electron chi connectivity index (χ3n) is 3.23. The fourth-order valence-electron chi connectivity index (χ4n) is 2.19. The Labute approximate surface area is 107 Å². The zero-order valence-electron chi connectivity index (χ0n) is 11.0. The van der Waals surface area contributed by atoms with E-state index >= 15 is 0 Å². The van der Waals surface area contributed by atoms with E-state index < -0.39 is 0 Å². The molecule has 0 aromatic carbocycles. The SMILES string of the molecule is CC(C)n1cc(N)cc1C(=O)N(CCO)C1CC1. The van der Waals surface area contributed by atoms with Crippen molar-refractivity contribution in [2.24, 2.45) is 0 Å². The van der Waals surface area contributed by atoms with Gasteiger partial charge in [-0.1, -0.05) is 0 Å². The molecule has 1 aliphatic rings. The topological polar surface area (TPSA) is 71.5 Å². The molecule has 1 aromatic rings. The highest BCUT2D eigenvalue weighted by Crippen LogP contribution is 2.29. The van der Waals surface area contributed by atoms with Gasteiger partial charge in [0.1, 0.15) is 5.69 Å². The van der Waals surface area contributed by atoms with Crippen LogP contribution >= 0.6 is 0 Å². The average molecular weight is 251 g/mol. The van der Waals surface area contributed by atoms with Crippen molar-refractivity contribution < 1.29 is 9.90 Å². The highest BCUT2D eigenvalue weighted by molar-refractivity contribution is 5.94. The van der Waals surface area contributed by atoms with Gasteiger partial charge in [-0.2, -0.15) is 0 Å². The second-order valence-electron chi connectivity index (χ2n) is 5.11. The maximum absolute atomic E-state index is 12.5. The van der Waals surface area contributed by atoms with Crippen LogP contribution in [-0.4, -0.2) is 39.7 Å². The highest BCUT2D eigenvalue weighted by atomic mass is 16.3. The van der Waals surface area contributed by atoms with Gasteiger partial charge in [-0.05, 0) is 32.8 Å². The first-order chi connectivity index (χ1) is 8.54. The number of aliphatic hydroxyl groups is 1. The van der Waals surface area contributed by atoms with Crippen LogP contribution in [0.2, 0.25) is 0 Å². The predicted octanol–water partition coefficient (Wildman–Crippen LogP) is 1.25. The van der Waals surface area contributed by atoms with E-state index in [1.54, 1.807) is 17.2 Å². The van der Waals surface area contributed by atoms with E-state index in [4.69, 9.17) is 10.8 Å². The summed E-state index contributed by atoms with van der Waals surface area (Å²) in [7, 11) is 0. The van der Waals surface area contributed by atoms with Gasteiger partial charge in [-0.25, -0.2) is 0 Å². The lowest BCUT2D eigenvalue weighted by molar-refractivity contribution is 0.0695. The number of rotatable bonds is 5. The minimum absolute atomic E-state index is 0.000108. The van der Waals surface area contributed by atoms with E-state index in [2.05, 4.69) is 0 Å². The zero-order valence-corrected chi connectivity index (χ0v) is 11.0. The first kappa shape index (κ1) is 13.0. The summed E-state index contributed by atoms with van der Waals surface area (Å²) < 4.78 is 1.89. The number of carbonyl (C=O) groups excluding carboxylic acids is 1. The van der Waals surface area contributed by atoms with Crippen LogP contribution in [0.25, 0.3) is 0 Å². The molecule has 5 nitrogen and oxygen atoms in total. The highest BCUT2D eigenvalue weighted by Gasteiger charge is 2.33. The summed E-state index contributed by atoms with van der Waals surface area (Å²) in [5, 5.41) is 9.07. The fourth-order valence-corrected chi connectivity index (χ4v) is 2.19. The molecular weight excluding hydrogens is 230 g/mol. The standard InChI is InChI=1S/C13H21N3O2/c1-9(2)16-8-10(14)7-12(16)13(18)15(5-6-17)11-3-4-11/h7-9,11,17H,3-6,14H2,1-2H3. The number of anilines is 1. The summed E-state index contributed by atoms with van der Waals surface area (Å²) in [6, 6.07) is 2.20. The lowest BCUT2D eigenvalue weighted by Gasteiger charge is -2.23. The van der Waals surface area contributed by atoms with Crippen LogP contribution in [0.1, 0.15) is 43.2 Å². The summed E-state index contributed by atoms with van der Waals surface area (Å²) in [4.78, 5) is 14.3. The molecule has 0 unspecified atom stereocenters. The predicted molar refractivity (Wildman–Crippen MR) is 70.4 cm³/mol. The summed E-state index contributed by atoms with van der Waals surface area (Å²) in [5.74, 6) is -0.0306. The van der Waals surface area contributed by atoms with E-state index in [0.29, 0.717) is 24.0 Å². The number of hydrogen-bond donors (Lipinski definition) is 2. The number of hydrogen-bond acceptors (Lipinski definition) is 3. The number of nitrogens with two attached hydrogens (primary N) is 1. The Balaban J connectivity index is 2.26. The molecule has 0 atom stereocenters. The normalized spacial score (nSPS) is 15.1. The number of carbonyl (C=O) groups is 1. The van der Waals surface area contributed by atoms with Crippen LogP contribution < -0.4 is 5.73 Å². The van der Waals surface area contributed by atoms with Gasteiger partial charge in [0.2, 0.25) is 0 Å². The van der Waals surface area contributed by atoms with Crippen LogP contribution in [0.3, 0.4) is 0 Å². The molecule has 2 rings (SSSR count). The van der Waals surface area contributed by atoms with Crippen molar-refractivity contribution in [1.29, 1.82) is 0 Å². The minimum atomic E-state index is -0.0306. The van der Waals surface area contributed by atoms with Gasteiger partial charge in [0.05, 0.1) is 12.3 Å².